The lowest BCUT2D eigenvalue weighted by Crippen LogP contribution is -2.33. The second kappa shape index (κ2) is 8.57. The molecule has 1 aromatic carbocycles. The Morgan fingerprint density at radius 3 is 2.53 bits per heavy atom. The van der Waals surface area contributed by atoms with Crippen LogP contribution in [0.25, 0.3) is 5.65 Å². The molecule has 3 heterocycles. The Morgan fingerprint density at radius 1 is 1.10 bits per heavy atom. The van der Waals surface area contributed by atoms with Crippen molar-refractivity contribution < 1.29 is 22.6 Å². The average molecular weight is 421 g/mol. The van der Waals surface area contributed by atoms with Gasteiger partial charge in [-0.3, -0.25) is 0 Å². The first-order chi connectivity index (χ1) is 14.4. The van der Waals surface area contributed by atoms with E-state index in [9.17, 15) is 13.2 Å². The van der Waals surface area contributed by atoms with E-state index in [1.54, 1.807) is 6.07 Å². The summed E-state index contributed by atoms with van der Waals surface area (Å²) in [5.74, 6) is -0.885. The van der Waals surface area contributed by atoms with Gasteiger partial charge in [0, 0.05) is 13.2 Å². The van der Waals surface area contributed by atoms with E-state index in [1.165, 1.54) is 6.07 Å². The van der Waals surface area contributed by atoms with Gasteiger partial charge < -0.3 is 14.8 Å². The van der Waals surface area contributed by atoms with Crippen molar-refractivity contribution in [1.29, 1.82) is 0 Å². The van der Waals surface area contributed by atoms with Crippen LogP contribution in [0.2, 0.25) is 0 Å². The molecule has 1 fully saturated rings. The Labute approximate surface area is 171 Å². The highest BCUT2D eigenvalue weighted by molar-refractivity contribution is 5.45. The molecule has 1 N–H and O–H groups in total. The van der Waals surface area contributed by atoms with E-state index < -0.39 is 12.0 Å². The Kier molecular flexibility index (Phi) is 5.87. The van der Waals surface area contributed by atoms with Gasteiger partial charge in [-0.15, -0.1) is 15.3 Å². The van der Waals surface area contributed by atoms with Gasteiger partial charge >= 0.3 is 6.18 Å². The number of alkyl halides is 3. The van der Waals surface area contributed by atoms with Gasteiger partial charge in [-0.2, -0.15) is 17.7 Å². The van der Waals surface area contributed by atoms with E-state index >= 15 is 0 Å². The fourth-order valence-corrected chi connectivity index (χ4v) is 3.50. The van der Waals surface area contributed by atoms with E-state index in [0.717, 1.165) is 18.4 Å². The number of fused-ring (bicyclic) bond motifs is 1. The summed E-state index contributed by atoms with van der Waals surface area (Å²) in [7, 11) is 0. The van der Waals surface area contributed by atoms with Crippen LogP contribution in [0.3, 0.4) is 0 Å². The summed E-state index contributed by atoms with van der Waals surface area (Å²) in [5, 5.41) is 14.0. The largest absolute Gasteiger partial charge is 0.453 e. The second-order valence-electron chi connectivity index (χ2n) is 7.22. The lowest BCUT2D eigenvalue weighted by atomic mass is 10.0. The summed E-state index contributed by atoms with van der Waals surface area (Å²) in [6, 6.07) is 12.5. The molecule has 30 heavy (non-hydrogen) atoms. The Morgan fingerprint density at radius 2 is 1.83 bits per heavy atom. The number of nitrogens with one attached hydrogen (secondary N) is 1. The number of nitrogens with zero attached hydrogens (tertiary/aromatic N) is 4. The minimum absolute atomic E-state index is 0.0265. The number of anilines is 1. The molecular formula is C20H22F3N5O2. The van der Waals surface area contributed by atoms with Crippen LogP contribution in [0.5, 0.6) is 0 Å². The van der Waals surface area contributed by atoms with Crippen LogP contribution in [0.4, 0.5) is 19.0 Å². The maximum Gasteiger partial charge on any atom is 0.453 e. The summed E-state index contributed by atoms with van der Waals surface area (Å²) in [6.07, 6.45) is -3.30. The zero-order chi connectivity index (χ0) is 21.1. The van der Waals surface area contributed by atoms with Gasteiger partial charge in [0.25, 0.3) is 5.82 Å². The molecule has 2 unspecified atom stereocenters. The number of ether oxygens (including phenoxy) is 2. The highest BCUT2D eigenvalue weighted by Gasteiger charge is 2.37. The van der Waals surface area contributed by atoms with Crippen molar-refractivity contribution in [2.45, 2.75) is 44.2 Å². The fourth-order valence-electron chi connectivity index (χ4n) is 3.50. The first-order valence-corrected chi connectivity index (χ1v) is 9.76. The highest BCUT2D eigenvalue weighted by Crippen LogP contribution is 2.29. The number of rotatable bonds is 6. The molecule has 3 aromatic rings. The number of aromatic nitrogens is 4. The maximum atomic E-state index is 13.1. The summed E-state index contributed by atoms with van der Waals surface area (Å²) < 4.78 is 51.9. The molecule has 160 valence electrons. The zero-order valence-electron chi connectivity index (χ0n) is 16.3. The molecule has 2 aromatic heterocycles. The number of benzene rings is 1. The van der Waals surface area contributed by atoms with Gasteiger partial charge in [0.1, 0.15) is 11.9 Å². The van der Waals surface area contributed by atoms with Gasteiger partial charge in [-0.25, -0.2) is 0 Å². The first-order valence-electron chi connectivity index (χ1n) is 9.76. The fraction of sp³-hybridized carbons (Fsp3) is 0.450. The lowest BCUT2D eigenvalue weighted by molar-refractivity contribution is -0.146. The number of hydrogen-bond acceptors (Lipinski definition) is 6. The zero-order valence-corrected chi connectivity index (χ0v) is 16.3. The van der Waals surface area contributed by atoms with E-state index in [4.69, 9.17) is 9.47 Å². The van der Waals surface area contributed by atoms with Gasteiger partial charge in [0.05, 0.1) is 12.1 Å². The number of halogens is 3. The lowest BCUT2D eigenvalue weighted by Gasteiger charge is -2.32. The molecule has 1 aliphatic heterocycles. The van der Waals surface area contributed by atoms with Crippen LogP contribution in [0.15, 0.2) is 42.5 Å². The van der Waals surface area contributed by atoms with Gasteiger partial charge in [-0.1, -0.05) is 30.3 Å². The molecule has 0 bridgehead atoms. The third kappa shape index (κ3) is 4.54. The van der Waals surface area contributed by atoms with Crippen molar-refractivity contribution >= 4 is 11.5 Å². The van der Waals surface area contributed by atoms with Crippen LogP contribution < -0.4 is 5.32 Å². The van der Waals surface area contributed by atoms with E-state index in [-0.39, 0.29) is 29.7 Å². The molecule has 0 radical (unpaired) electrons. The molecule has 0 aliphatic carbocycles. The molecule has 0 spiro atoms. The van der Waals surface area contributed by atoms with Gasteiger partial charge in [-0.05, 0) is 37.5 Å². The van der Waals surface area contributed by atoms with Crippen molar-refractivity contribution in [1.82, 2.24) is 19.8 Å². The molecule has 1 aliphatic rings. The number of hydrogen-bond donors (Lipinski definition) is 1. The third-order valence-electron chi connectivity index (χ3n) is 4.98. The SMILES string of the molecule is CC(Nc1ccc2nnc(C(F)(F)F)n2n1)C(OC1CCOCC1)c1ccccc1. The molecule has 2 atom stereocenters. The van der Waals surface area contributed by atoms with E-state index in [2.05, 4.69) is 20.6 Å². The second-order valence-corrected chi connectivity index (χ2v) is 7.22. The van der Waals surface area contributed by atoms with Crippen LogP contribution in [0.1, 0.15) is 37.3 Å². The topological polar surface area (TPSA) is 73.6 Å². The van der Waals surface area contributed by atoms with E-state index in [1.807, 2.05) is 37.3 Å². The molecule has 1 saturated heterocycles. The molecule has 4 rings (SSSR count). The van der Waals surface area contributed by atoms with Crippen LogP contribution in [-0.4, -0.2) is 45.2 Å². The molecule has 0 amide bonds. The normalized spacial score (nSPS) is 17.7. The summed E-state index contributed by atoms with van der Waals surface area (Å²) >= 11 is 0. The Balaban J connectivity index is 1.57. The molecule has 0 saturated carbocycles. The standard InChI is InChI=1S/C20H22F3N5O2/c1-13(18(14-5-3-2-4-6-14)30-15-9-11-29-12-10-15)24-16-7-8-17-25-26-19(20(21,22)23)28(17)27-16/h2-8,13,15,18H,9-12H2,1H3,(H,24,27). The molecule has 10 heteroatoms. The quantitative estimate of drug-likeness (QED) is 0.651. The van der Waals surface area contributed by atoms with Crippen molar-refractivity contribution in [2.24, 2.45) is 0 Å². The van der Waals surface area contributed by atoms with Crippen molar-refractivity contribution in [3.05, 3.63) is 53.9 Å². The Hall–Kier alpha value is -2.72. The van der Waals surface area contributed by atoms with Crippen molar-refractivity contribution in [2.75, 3.05) is 18.5 Å². The van der Waals surface area contributed by atoms with Crippen molar-refractivity contribution in [3.8, 4) is 0 Å². The van der Waals surface area contributed by atoms with Crippen LogP contribution in [0, 0.1) is 0 Å². The smallest absolute Gasteiger partial charge is 0.381 e. The summed E-state index contributed by atoms with van der Waals surface area (Å²) in [6.45, 7) is 3.22. The average Bonchev–Trinajstić information content (AvgIpc) is 3.17. The predicted molar refractivity (Wildman–Crippen MR) is 103 cm³/mol. The van der Waals surface area contributed by atoms with Crippen molar-refractivity contribution in [3.63, 3.8) is 0 Å². The molecule has 7 nitrogen and oxygen atoms in total. The van der Waals surface area contributed by atoms with Gasteiger partial charge in [0.15, 0.2) is 5.65 Å². The molecular weight excluding hydrogens is 399 g/mol. The minimum Gasteiger partial charge on any atom is -0.381 e. The van der Waals surface area contributed by atoms with Crippen LogP contribution in [-0.2, 0) is 15.7 Å². The third-order valence-corrected chi connectivity index (χ3v) is 4.98. The summed E-state index contributed by atoms with van der Waals surface area (Å²) in [4.78, 5) is 0. The predicted octanol–water partition coefficient (Wildman–Crippen LogP) is 3.88. The monoisotopic (exact) mass is 421 g/mol. The van der Waals surface area contributed by atoms with Crippen LogP contribution >= 0.6 is 0 Å². The minimum atomic E-state index is -4.64. The highest BCUT2D eigenvalue weighted by atomic mass is 19.4. The first kappa shape index (κ1) is 20.5. The van der Waals surface area contributed by atoms with Gasteiger partial charge in [0.2, 0.25) is 0 Å². The van der Waals surface area contributed by atoms with E-state index in [0.29, 0.717) is 17.7 Å². The summed E-state index contributed by atoms with van der Waals surface area (Å²) in [5.41, 5.74) is 1.00. The maximum absolute atomic E-state index is 13.1. The Bertz CT molecular complexity index is 973.